The summed E-state index contributed by atoms with van der Waals surface area (Å²) < 4.78 is 0. The lowest BCUT2D eigenvalue weighted by Crippen LogP contribution is -2.21. The van der Waals surface area contributed by atoms with Crippen molar-refractivity contribution in [3.63, 3.8) is 0 Å². The molecular weight excluding hydrogens is 132 g/mol. The highest BCUT2D eigenvalue weighted by Gasteiger charge is 2.77. The third-order valence-electron chi connectivity index (χ3n) is 4.59. The van der Waals surface area contributed by atoms with Crippen molar-refractivity contribution >= 4 is 0 Å². The summed E-state index contributed by atoms with van der Waals surface area (Å²) in [7, 11) is 0. The van der Waals surface area contributed by atoms with Gasteiger partial charge in [-0.1, -0.05) is 20.8 Å². The Balaban J connectivity index is 1.84. The Bertz CT molecular complexity index is 211. The van der Waals surface area contributed by atoms with Gasteiger partial charge in [0.05, 0.1) is 0 Å². The number of rotatable bonds is 0. The highest BCUT2D eigenvalue weighted by atomic mass is 14.8. The fraction of sp³-hybridized carbons (Fsp3) is 1.00. The Morgan fingerprint density at radius 1 is 1.18 bits per heavy atom. The Morgan fingerprint density at radius 2 is 1.91 bits per heavy atom. The zero-order valence-corrected chi connectivity index (χ0v) is 7.85. The molecule has 0 aromatic rings. The molecule has 0 radical (unpaired) electrons. The maximum Gasteiger partial charge on any atom is -0.0232 e. The van der Waals surface area contributed by atoms with Gasteiger partial charge in [0, 0.05) is 0 Å². The zero-order chi connectivity index (χ0) is 7.85. The molecule has 4 atom stereocenters. The molecule has 3 rings (SSSR count). The Morgan fingerprint density at radius 3 is 2.18 bits per heavy atom. The second-order valence-electron chi connectivity index (χ2n) is 6.15. The predicted octanol–water partition coefficient (Wildman–Crippen LogP) is 3.08. The van der Waals surface area contributed by atoms with E-state index in [1.54, 1.807) is 19.3 Å². The topological polar surface area (TPSA) is 0 Å². The summed E-state index contributed by atoms with van der Waals surface area (Å²) >= 11 is 0. The summed E-state index contributed by atoms with van der Waals surface area (Å²) in [5.74, 6) is 3.41. The molecule has 0 heteroatoms. The Hall–Kier alpha value is 0. The van der Waals surface area contributed by atoms with E-state index < -0.39 is 0 Å². The average Bonchev–Trinajstić information content (AvgIpc) is 2.68. The first-order valence-electron chi connectivity index (χ1n) is 5.04. The van der Waals surface area contributed by atoms with Crippen molar-refractivity contribution in [1.29, 1.82) is 0 Å². The van der Waals surface area contributed by atoms with Crippen LogP contribution in [0, 0.1) is 28.6 Å². The van der Waals surface area contributed by atoms with Crippen LogP contribution in [0.3, 0.4) is 0 Å². The van der Waals surface area contributed by atoms with Crippen LogP contribution in [0.25, 0.3) is 0 Å². The van der Waals surface area contributed by atoms with Crippen molar-refractivity contribution in [2.45, 2.75) is 40.0 Å². The largest absolute Gasteiger partial charge is 0.0599 e. The van der Waals surface area contributed by atoms with Crippen LogP contribution in [-0.4, -0.2) is 0 Å². The van der Waals surface area contributed by atoms with E-state index in [0.29, 0.717) is 5.41 Å². The van der Waals surface area contributed by atoms with E-state index in [1.165, 1.54) is 5.92 Å². The molecule has 0 saturated heterocycles. The molecule has 0 N–H and O–H groups in total. The first kappa shape index (κ1) is 6.51. The van der Waals surface area contributed by atoms with Crippen LogP contribution in [0.4, 0.5) is 0 Å². The van der Waals surface area contributed by atoms with Gasteiger partial charge in [-0.05, 0) is 47.8 Å². The predicted molar refractivity (Wildman–Crippen MR) is 46.2 cm³/mol. The molecule has 4 unspecified atom stereocenters. The normalized spacial score (nSPS) is 58.6. The summed E-state index contributed by atoms with van der Waals surface area (Å²) in [6.45, 7) is 7.28. The zero-order valence-electron chi connectivity index (χ0n) is 7.85. The van der Waals surface area contributed by atoms with Gasteiger partial charge in [-0.2, -0.15) is 0 Å². The molecular formula is C11H18. The van der Waals surface area contributed by atoms with Gasteiger partial charge in [0.15, 0.2) is 0 Å². The minimum atomic E-state index is 0.599. The molecule has 11 heavy (non-hydrogen) atoms. The van der Waals surface area contributed by atoms with Crippen LogP contribution in [-0.2, 0) is 0 Å². The molecule has 3 fully saturated rings. The first-order chi connectivity index (χ1) is 5.04. The van der Waals surface area contributed by atoms with Gasteiger partial charge < -0.3 is 0 Å². The molecule has 0 aromatic carbocycles. The highest BCUT2D eigenvalue weighted by Crippen LogP contribution is 2.85. The molecule has 3 saturated carbocycles. The van der Waals surface area contributed by atoms with E-state index in [1.807, 2.05) is 0 Å². The van der Waals surface area contributed by atoms with Gasteiger partial charge in [-0.15, -0.1) is 0 Å². The Labute approximate surface area is 69.4 Å². The van der Waals surface area contributed by atoms with Crippen molar-refractivity contribution < 1.29 is 0 Å². The average molecular weight is 150 g/mol. The quantitative estimate of drug-likeness (QED) is 0.498. The van der Waals surface area contributed by atoms with Crippen LogP contribution in [0.5, 0.6) is 0 Å². The smallest absolute Gasteiger partial charge is 0.0232 e. The van der Waals surface area contributed by atoms with Gasteiger partial charge >= 0.3 is 0 Å². The van der Waals surface area contributed by atoms with E-state index >= 15 is 0 Å². The summed E-state index contributed by atoms with van der Waals surface area (Å²) in [6, 6.07) is 0. The Kier molecular flexibility index (Phi) is 0.832. The highest BCUT2D eigenvalue weighted by molar-refractivity contribution is 5.26. The summed E-state index contributed by atoms with van der Waals surface area (Å²) in [6.07, 6.45) is 4.76. The fourth-order valence-corrected chi connectivity index (χ4v) is 3.74. The van der Waals surface area contributed by atoms with Crippen molar-refractivity contribution in [3.05, 3.63) is 0 Å². The lowest BCUT2D eigenvalue weighted by Gasteiger charge is -2.29. The monoisotopic (exact) mass is 150 g/mol. The van der Waals surface area contributed by atoms with Crippen LogP contribution < -0.4 is 0 Å². The minimum Gasteiger partial charge on any atom is -0.0599 e. The molecule has 3 aliphatic carbocycles. The van der Waals surface area contributed by atoms with Crippen LogP contribution >= 0.6 is 0 Å². The molecule has 62 valence electrons. The third-order valence-corrected chi connectivity index (χ3v) is 4.59. The number of hydrogen-bond acceptors (Lipinski definition) is 0. The second-order valence-corrected chi connectivity index (χ2v) is 6.15. The van der Waals surface area contributed by atoms with Gasteiger partial charge in [0.1, 0.15) is 0 Å². The molecule has 0 aliphatic heterocycles. The van der Waals surface area contributed by atoms with E-state index in [2.05, 4.69) is 20.8 Å². The summed E-state index contributed by atoms with van der Waals surface area (Å²) in [5, 5.41) is 0. The summed E-state index contributed by atoms with van der Waals surface area (Å²) in [4.78, 5) is 0. The minimum absolute atomic E-state index is 0.599. The second kappa shape index (κ2) is 1.41. The maximum absolute atomic E-state index is 2.43. The van der Waals surface area contributed by atoms with Crippen molar-refractivity contribution in [2.75, 3.05) is 0 Å². The number of hydrogen-bond donors (Lipinski definition) is 0. The van der Waals surface area contributed by atoms with Gasteiger partial charge in [0.2, 0.25) is 0 Å². The molecule has 0 aromatic heterocycles. The van der Waals surface area contributed by atoms with E-state index in [-0.39, 0.29) is 0 Å². The third kappa shape index (κ3) is 0.625. The van der Waals surface area contributed by atoms with Crippen molar-refractivity contribution in [1.82, 2.24) is 0 Å². The molecule has 0 amide bonds. The van der Waals surface area contributed by atoms with Crippen molar-refractivity contribution in [3.8, 4) is 0 Å². The molecule has 0 bridgehead atoms. The fourth-order valence-electron chi connectivity index (χ4n) is 3.74. The van der Waals surface area contributed by atoms with Crippen LogP contribution in [0.1, 0.15) is 40.0 Å². The van der Waals surface area contributed by atoms with Gasteiger partial charge in [-0.3, -0.25) is 0 Å². The standard InChI is InChI=1S/C11H18/c1-10(2,3)8-4-7-5-11(7)6-9(8)11/h7-9H,4-6H2,1-3H3. The van der Waals surface area contributed by atoms with E-state index in [9.17, 15) is 0 Å². The van der Waals surface area contributed by atoms with E-state index in [0.717, 1.165) is 17.3 Å². The SMILES string of the molecule is CC(C)(C)C1CC2CC23CC13. The first-order valence-corrected chi connectivity index (χ1v) is 5.04. The van der Waals surface area contributed by atoms with Crippen LogP contribution in [0.15, 0.2) is 0 Å². The van der Waals surface area contributed by atoms with Gasteiger partial charge in [-0.25, -0.2) is 0 Å². The van der Waals surface area contributed by atoms with Gasteiger partial charge in [0.25, 0.3) is 0 Å². The molecule has 0 heterocycles. The molecule has 1 spiro atoms. The lowest BCUT2D eigenvalue weighted by molar-refractivity contribution is 0.204. The van der Waals surface area contributed by atoms with Crippen molar-refractivity contribution in [2.24, 2.45) is 28.6 Å². The molecule has 0 nitrogen and oxygen atoms in total. The molecule has 3 aliphatic rings. The van der Waals surface area contributed by atoms with Crippen LogP contribution in [0.2, 0.25) is 0 Å². The summed E-state index contributed by atoms with van der Waals surface area (Å²) in [5.41, 5.74) is 1.56. The van der Waals surface area contributed by atoms with E-state index in [4.69, 9.17) is 0 Å². The lowest BCUT2D eigenvalue weighted by atomic mass is 9.76. The maximum atomic E-state index is 2.43.